The lowest BCUT2D eigenvalue weighted by molar-refractivity contribution is -0.156. The zero-order chi connectivity index (χ0) is 24.2. The molecular formula is C22H24F3N5O3. The van der Waals surface area contributed by atoms with Crippen LogP contribution in [0.15, 0.2) is 42.6 Å². The van der Waals surface area contributed by atoms with Crippen molar-refractivity contribution in [3.05, 3.63) is 48.2 Å². The molecule has 0 aliphatic heterocycles. The molecule has 33 heavy (non-hydrogen) atoms. The molecule has 0 saturated heterocycles. The normalized spacial score (nSPS) is 12.9. The Morgan fingerprint density at radius 3 is 2.36 bits per heavy atom. The van der Waals surface area contributed by atoms with Gasteiger partial charge in [0.1, 0.15) is 11.4 Å². The number of aromatic nitrogens is 5. The predicted molar refractivity (Wildman–Crippen MR) is 112 cm³/mol. The molecule has 0 aliphatic rings. The van der Waals surface area contributed by atoms with Crippen LogP contribution in [0.2, 0.25) is 0 Å². The van der Waals surface area contributed by atoms with Crippen molar-refractivity contribution in [3.8, 4) is 23.0 Å². The summed E-state index contributed by atoms with van der Waals surface area (Å²) in [7, 11) is 0. The van der Waals surface area contributed by atoms with Crippen LogP contribution in [-0.4, -0.2) is 36.8 Å². The smallest absolute Gasteiger partial charge is 0.417 e. The Kier molecular flexibility index (Phi) is 6.99. The summed E-state index contributed by atoms with van der Waals surface area (Å²) in [6, 6.07) is 8.71. The average molecular weight is 463 g/mol. The zero-order valence-corrected chi connectivity index (χ0v) is 18.6. The van der Waals surface area contributed by atoms with Gasteiger partial charge in [-0.2, -0.15) is 18.0 Å². The van der Waals surface area contributed by atoms with Gasteiger partial charge in [-0.25, -0.2) is 4.98 Å². The largest absolute Gasteiger partial charge is 0.460 e. The summed E-state index contributed by atoms with van der Waals surface area (Å²) >= 11 is 0. The van der Waals surface area contributed by atoms with Crippen LogP contribution in [0, 0.1) is 5.92 Å². The number of alkyl halides is 3. The second-order valence-electron chi connectivity index (χ2n) is 8.57. The molecule has 0 fully saturated rings. The summed E-state index contributed by atoms with van der Waals surface area (Å²) in [6.07, 6.45) is -3.50. The topological polar surface area (TPSA) is 92.0 Å². The number of hydrogen-bond donors (Lipinski definition) is 0. The van der Waals surface area contributed by atoms with Gasteiger partial charge < -0.3 is 9.47 Å². The maximum atomic E-state index is 12.6. The molecule has 0 bridgehead atoms. The number of nitrogens with zero attached hydrogens (tertiary/aromatic N) is 5. The first-order chi connectivity index (χ1) is 15.4. The number of tetrazole rings is 1. The summed E-state index contributed by atoms with van der Waals surface area (Å²) in [5.74, 6) is 0.490. The van der Waals surface area contributed by atoms with Crippen LogP contribution < -0.4 is 4.74 Å². The minimum atomic E-state index is -4.45. The van der Waals surface area contributed by atoms with Crippen LogP contribution in [0.3, 0.4) is 0 Å². The molecule has 0 unspecified atom stereocenters. The number of hydrogen-bond acceptors (Lipinski definition) is 7. The molecule has 3 aromatic rings. The SMILES string of the molecule is C[C@H](CC(=O)OC(C)(C)C)Cn1nnc(-c2ccc(Oc3ccc(C(F)(F)F)cn3)cc2)n1. The van der Waals surface area contributed by atoms with Gasteiger partial charge in [0.2, 0.25) is 11.7 Å². The average Bonchev–Trinajstić information content (AvgIpc) is 3.15. The van der Waals surface area contributed by atoms with Gasteiger partial charge in [-0.05, 0) is 62.2 Å². The Morgan fingerprint density at radius 2 is 1.79 bits per heavy atom. The van der Waals surface area contributed by atoms with Crippen molar-refractivity contribution >= 4 is 5.97 Å². The Labute approximate surface area is 188 Å². The molecule has 176 valence electrons. The summed E-state index contributed by atoms with van der Waals surface area (Å²) in [5.41, 5.74) is -0.706. The maximum absolute atomic E-state index is 12.6. The second-order valence-corrected chi connectivity index (χ2v) is 8.57. The number of rotatable bonds is 7. The third-order valence-corrected chi connectivity index (χ3v) is 4.26. The Balaban J connectivity index is 1.57. The molecule has 1 aromatic carbocycles. The van der Waals surface area contributed by atoms with Crippen LogP contribution in [-0.2, 0) is 22.3 Å². The fourth-order valence-electron chi connectivity index (χ4n) is 2.85. The quantitative estimate of drug-likeness (QED) is 0.460. The lowest BCUT2D eigenvalue weighted by Gasteiger charge is -2.20. The highest BCUT2D eigenvalue weighted by atomic mass is 19.4. The molecule has 2 heterocycles. The first kappa shape index (κ1) is 24.1. The van der Waals surface area contributed by atoms with Crippen molar-refractivity contribution in [3.63, 3.8) is 0 Å². The van der Waals surface area contributed by atoms with Crippen LogP contribution >= 0.6 is 0 Å². The first-order valence-electron chi connectivity index (χ1n) is 10.2. The number of esters is 1. The number of carbonyl (C=O) groups excluding carboxylic acids is 1. The lowest BCUT2D eigenvalue weighted by atomic mass is 10.1. The molecule has 0 radical (unpaired) electrons. The zero-order valence-electron chi connectivity index (χ0n) is 18.6. The van der Waals surface area contributed by atoms with Crippen molar-refractivity contribution < 1.29 is 27.4 Å². The van der Waals surface area contributed by atoms with Crippen LogP contribution in [0.1, 0.15) is 39.7 Å². The van der Waals surface area contributed by atoms with E-state index in [-0.39, 0.29) is 24.2 Å². The third kappa shape index (κ3) is 7.26. The Hall–Kier alpha value is -3.50. The van der Waals surface area contributed by atoms with Gasteiger partial charge in [-0.15, -0.1) is 10.2 Å². The number of carbonyl (C=O) groups is 1. The second kappa shape index (κ2) is 9.55. The molecule has 0 spiro atoms. The van der Waals surface area contributed by atoms with Gasteiger partial charge in [0.25, 0.3) is 0 Å². The summed E-state index contributed by atoms with van der Waals surface area (Å²) < 4.78 is 48.7. The molecular weight excluding hydrogens is 439 g/mol. The molecule has 1 atom stereocenters. The first-order valence-corrected chi connectivity index (χ1v) is 10.2. The highest BCUT2D eigenvalue weighted by Gasteiger charge is 2.30. The lowest BCUT2D eigenvalue weighted by Crippen LogP contribution is -2.25. The van der Waals surface area contributed by atoms with E-state index in [0.29, 0.717) is 23.7 Å². The van der Waals surface area contributed by atoms with Crippen molar-refractivity contribution in [2.24, 2.45) is 5.92 Å². The van der Waals surface area contributed by atoms with Crippen LogP contribution in [0.5, 0.6) is 11.6 Å². The summed E-state index contributed by atoms with van der Waals surface area (Å²) in [6.45, 7) is 7.74. The number of ether oxygens (including phenoxy) is 2. The van der Waals surface area contributed by atoms with Crippen molar-refractivity contribution in [1.82, 2.24) is 25.2 Å². The van der Waals surface area contributed by atoms with E-state index in [0.717, 1.165) is 18.3 Å². The highest BCUT2D eigenvalue weighted by molar-refractivity contribution is 5.70. The van der Waals surface area contributed by atoms with Crippen molar-refractivity contribution in [1.29, 1.82) is 0 Å². The molecule has 0 aliphatic carbocycles. The molecule has 0 amide bonds. The van der Waals surface area contributed by atoms with E-state index in [4.69, 9.17) is 9.47 Å². The number of benzene rings is 1. The van der Waals surface area contributed by atoms with E-state index in [1.54, 1.807) is 24.3 Å². The molecule has 0 N–H and O–H groups in total. The Bertz CT molecular complexity index is 1070. The molecule has 0 saturated carbocycles. The molecule has 3 rings (SSSR count). The van der Waals surface area contributed by atoms with E-state index >= 15 is 0 Å². The summed E-state index contributed by atoms with van der Waals surface area (Å²) in [4.78, 5) is 17.1. The monoisotopic (exact) mass is 463 g/mol. The van der Waals surface area contributed by atoms with Gasteiger partial charge in [0.15, 0.2) is 0 Å². The minimum Gasteiger partial charge on any atom is -0.460 e. The van der Waals surface area contributed by atoms with E-state index in [9.17, 15) is 18.0 Å². The fourth-order valence-corrected chi connectivity index (χ4v) is 2.85. The highest BCUT2D eigenvalue weighted by Crippen LogP contribution is 2.30. The van der Waals surface area contributed by atoms with E-state index in [2.05, 4.69) is 20.4 Å². The van der Waals surface area contributed by atoms with Crippen LogP contribution in [0.25, 0.3) is 11.4 Å². The predicted octanol–water partition coefficient (Wildman–Crippen LogP) is 4.91. The fraction of sp³-hybridized carbons (Fsp3) is 0.409. The van der Waals surface area contributed by atoms with Gasteiger partial charge in [0.05, 0.1) is 12.1 Å². The minimum absolute atomic E-state index is 0.0406. The van der Waals surface area contributed by atoms with Gasteiger partial charge >= 0.3 is 12.1 Å². The number of halogens is 3. The maximum Gasteiger partial charge on any atom is 0.417 e. The molecule has 8 nitrogen and oxygen atoms in total. The van der Waals surface area contributed by atoms with Gasteiger partial charge in [-0.3, -0.25) is 4.79 Å². The van der Waals surface area contributed by atoms with E-state index < -0.39 is 17.3 Å². The van der Waals surface area contributed by atoms with Crippen molar-refractivity contribution in [2.75, 3.05) is 0 Å². The molecule has 2 aromatic heterocycles. The Morgan fingerprint density at radius 1 is 1.09 bits per heavy atom. The third-order valence-electron chi connectivity index (χ3n) is 4.26. The summed E-state index contributed by atoms with van der Waals surface area (Å²) in [5, 5.41) is 12.4. The number of pyridine rings is 1. The van der Waals surface area contributed by atoms with E-state index in [1.807, 2.05) is 27.7 Å². The standard InChI is InChI=1S/C22H24F3N5O3/c1-14(11-19(31)33-21(2,3)4)13-30-28-20(27-29-30)15-5-8-17(9-6-15)32-18-10-7-16(12-26-18)22(23,24)25/h5-10,12,14H,11,13H2,1-4H3/t14-/m1/s1. The molecule has 11 heteroatoms. The van der Waals surface area contributed by atoms with Gasteiger partial charge in [-0.1, -0.05) is 6.92 Å². The van der Waals surface area contributed by atoms with Gasteiger partial charge in [0, 0.05) is 24.2 Å². The van der Waals surface area contributed by atoms with Crippen molar-refractivity contribution in [2.45, 2.75) is 52.4 Å². The van der Waals surface area contributed by atoms with E-state index in [1.165, 1.54) is 4.80 Å². The van der Waals surface area contributed by atoms with Crippen LogP contribution in [0.4, 0.5) is 13.2 Å².